The summed E-state index contributed by atoms with van der Waals surface area (Å²) in [5, 5.41) is 6.04. The molecule has 0 bridgehead atoms. The van der Waals surface area contributed by atoms with Crippen LogP contribution >= 0.6 is 0 Å². The maximum absolute atomic E-state index is 12.1. The Hall–Kier alpha value is -4.12. The molecule has 4 aromatic rings. The number of nitrogens with zero attached hydrogens (tertiary/aromatic N) is 1. The summed E-state index contributed by atoms with van der Waals surface area (Å²) >= 11 is 0. The Morgan fingerprint density at radius 2 is 1.62 bits per heavy atom. The van der Waals surface area contributed by atoms with Crippen LogP contribution < -0.4 is 14.9 Å². The van der Waals surface area contributed by atoms with Crippen LogP contribution in [0.1, 0.15) is 16.7 Å². The predicted molar refractivity (Wildman–Crippen MR) is 127 cm³/mol. The fourth-order valence-electron chi connectivity index (χ4n) is 3.18. The molecule has 4 aromatic carbocycles. The minimum Gasteiger partial charge on any atom is -0.489 e. The number of amides is 1. The van der Waals surface area contributed by atoms with Crippen molar-refractivity contribution in [3.63, 3.8) is 0 Å². The fraction of sp³-hybridized carbons (Fsp3) is 0.111. The molecule has 1 N–H and O–H groups in total. The van der Waals surface area contributed by atoms with Crippen molar-refractivity contribution in [3.8, 4) is 11.5 Å². The van der Waals surface area contributed by atoms with Gasteiger partial charge in [-0.2, -0.15) is 5.10 Å². The summed E-state index contributed by atoms with van der Waals surface area (Å²) in [5.41, 5.74) is 5.69. The highest BCUT2D eigenvalue weighted by Gasteiger charge is 2.05. The van der Waals surface area contributed by atoms with Crippen LogP contribution in [0.25, 0.3) is 10.8 Å². The minimum absolute atomic E-state index is 0.114. The second-order valence-electron chi connectivity index (χ2n) is 7.40. The normalized spacial score (nSPS) is 10.9. The largest absolute Gasteiger partial charge is 0.489 e. The van der Waals surface area contributed by atoms with E-state index in [2.05, 4.69) is 41.7 Å². The van der Waals surface area contributed by atoms with E-state index in [1.807, 2.05) is 66.7 Å². The Balaban J connectivity index is 1.24. The number of hydrogen-bond donors (Lipinski definition) is 1. The Bertz CT molecular complexity index is 1210. The van der Waals surface area contributed by atoms with E-state index in [0.29, 0.717) is 12.4 Å². The number of rotatable bonds is 8. The lowest BCUT2D eigenvalue weighted by Gasteiger charge is -2.08. The zero-order valence-electron chi connectivity index (χ0n) is 17.8. The van der Waals surface area contributed by atoms with Crippen LogP contribution in [-0.4, -0.2) is 18.7 Å². The lowest BCUT2D eigenvalue weighted by molar-refractivity contribution is -0.123. The molecule has 4 rings (SSSR count). The number of benzene rings is 4. The Morgan fingerprint density at radius 3 is 2.44 bits per heavy atom. The summed E-state index contributed by atoms with van der Waals surface area (Å²) in [4.78, 5) is 12.1. The number of hydrazone groups is 1. The third-order valence-corrected chi connectivity index (χ3v) is 4.92. The topological polar surface area (TPSA) is 59.9 Å². The van der Waals surface area contributed by atoms with Gasteiger partial charge in [0.1, 0.15) is 18.1 Å². The number of ether oxygens (including phenoxy) is 2. The highest BCUT2D eigenvalue weighted by atomic mass is 16.5. The fourth-order valence-corrected chi connectivity index (χ4v) is 3.18. The highest BCUT2D eigenvalue weighted by molar-refractivity contribution is 5.89. The van der Waals surface area contributed by atoms with Crippen LogP contribution in [0.5, 0.6) is 11.5 Å². The van der Waals surface area contributed by atoms with Crippen LogP contribution in [0, 0.1) is 6.92 Å². The summed E-state index contributed by atoms with van der Waals surface area (Å²) in [6, 6.07) is 29.4. The third-order valence-electron chi connectivity index (χ3n) is 4.92. The van der Waals surface area contributed by atoms with Gasteiger partial charge in [0.15, 0.2) is 6.61 Å². The Kier molecular flexibility index (Phi) is 6.78. The first kappa shape index (κ1) is 21.1. The molecule has 0 fully saturated rings. The molecule has 0 aromatic heterocycles. The van der Waals surface area contributed by atoms with Gasteiger partial charge in [-0.25, -0.2) is 5.43 Å². The van der Waals surface area contributed by atoms with E-state index in [4.69, 9.17) is 9.47 Å². The molecule has 160 valence electrons. The minimum atomic E-state index is -0.327. The van der Waals surface area contributed by atoms with Gasteiger partial charge in [-0.05, 0) is 53.8 Å². The van der Waals surface area contributed by atoms with Crippen LogP contribution in [0.15, 0.2) is 96.1 Å². The molecule has 0 spiro atoms. The standard InChI is InChI=1S/C27H24N2O3/c1-20-9-11-22(12-10-20)18-31-24-15-13-21(14-16-24)17-28-29-27(30)19-32-26-8-4-6-23-5-2-3-7-25(23)26/h2-17H,18-19H2,1H3,(H,29,30)/b28-17-. The maximum Gasteiger partial charge on any atom is 0.277 e. The van der Waals surface area contributed by atoms with Crippen molar-refractivity contribution in [1.82, 2.24) is 5.43 Å². The summed E-state index contributed by atoms with van der Waals surface area (Å²) < 4.78 is 11.5. The van der Waals surface area contributed by atoms with Crippen molar-refractivity contribution in [1.29, 1.82) is 0 Å². The van der Waals surface area contributed by atoms with E-state index >= 15 is 0 Å². The molecule has 5 nitrogen and oxygen atoms in total. The average Bonchev–Trinajstić information content (AvgIpc) is 2.83. The van der Waals surface area contributed by atoms with Crippen molar-refractivity contribution in [3.05, 3.63) is 108 Å². The average molecular weight is 425 g/mol. The molecular weight excluding hydrogens is 400 g/mol. The predicted octanol–water partition coefficient (Wildman–Crippen LogP) is 5.26. The van der Waals surface area contributed by atoms with Gasteiger partial charge in [0.2, 0.25) is 0 Å². The maximum atomic E-state index is 12.1. The second-order valence-corrected chi connectivity index (χ2v) is 7.40. The van der Waals surface area contributed by atoms with Gasteiger partial charge < -0.3 is 9.47 Å². The van der Waals surface area contributed by atoms with E-state index in [1.54, 1.807) is 6.21 Å². The number of carbonyl (C=O) groups is 1. The molecule has 0 unspecified atom stereocenters. The lowest BCUT2D eigenvalue weighted by Crippen LogP contribution is -2.24. The lowest BCUT2D eigenvalue weighted by atomic mass is 10.1. The van der Waals surface area contributed by atoms with Crippen LogP contribution in [0.3, 0.4) is 0 Å². The summed E-state index contributed by atoms with van der Waals surface area (Å²) in [6.45, 7) is 2.46. The van der Waals surface area contributed by atoms with Gasteiger partial charge >= 0.3 is 0 Å². The first-order valence-corrected chi connectivity index (χ1v) is 10.4. The van der Waals surface area contributed by atoms with Crippen molar-refractivity contribution in [2.45, 2.75) is 13.5 Å². The van der Waals surface area contributed by atoms with Gasteiger partial charge in [0, 0.05) is 5.39 Å². The Morgan fingerprint density at radius 1 is 0.875 bits per heavy atom. The van der Waals surface area contributed by atoms with E-state index in [0.717, 1.165) is 27.6 Å². The third kappa shape index (κ3) is 5.73. The monoisotopic (exact) mass is 424 g/mol. The molecule has 0 aliphatic heterocycles. The summed E-state index contributed by atoms with van der Waals surface area (Å²) in [5.74, 6) is 1.12. The molecule has 0 atom stereocenters. The van der Waals surface area contributed by atoms with Gasteiger partial charge in [0.25, 0.3) is 5.91 Å². The van der Waals surface area contributed by atoms with Crippen molar-refractivity contribution < 1.29 is 14.3 Å². The van der Waals surface area contributed by atoms with Crippen LogP contribution in [-0.2, 0) is 11.4 Å². The van der Waals surface area contributed by atoms with E-state index in [-0.39, 0.29) is 12.5 Å². The number of nitrogens with one attached hydrogen (secondary N) is 1. The molecule has 0 aliphatic rings. The van der Waals surface area contributed by atoms with E-state index in [1.165, 1.54) is 5.56 Å². The van der Waals surface area contributed by atoms with Crippen LogP contribution in [0.4, 0.5) is 0 Å². The number of carbonyl (C=O) groups excluding carboxylic acids is 1. The van der Waals surface area contributed by atoms with Crippen LogP contribution in [0.2, 0.25) is 0 Å². The summed E-state index contributed by atoms with van der Waals surface area (Å²) in [6.07, 6.45) is 1.58. The molecule has 0 radical (unpaired) electrons. The van der Waals surface area contributed by atoms with Gasteiger partial charge in [-0.1, -0.05) is 66.2 Å². The quantitative estimate of drug-likeness (QED) is 0.310. The van der Waals surface area contributed by atoms with Crippen molar-refractivity contribution in [2.24, 2.45) is 5.10 Å². The first-order chi connectivity index (χ1) is 15.7. The molecule has 5 heteroatoms. The Labute approximate surface area is 187 Å². The number of aryl methyl sites for hydroxylation is 1. The molecule has 32 heavy (non-hydrogen) atoms. The van der Waals surface area contributed by atoms with E-state index in [9.17, 15) is 4.79 Å². The van der Waals surface area contributed by atoms with Gasteiger partial charge in [-0.3, -0.25) is 4.79 Å². The molecule has 0 aliphatic carbocycles. The number of fused-ring (bicyclic) bond motifs is 1. The molecule has 0 saturated carbocycles. The van der Waals surface area contributed by atoms with Gasteiger partial charge in [-0.15, -0.1) is 0 Å². The molecule has 0 saturated heterocycles. The van der Waals surface area contributed by atoms with Gasteiger partial charge in [0.05, 0.1) is 6.21 Å². The smallest absolute Gasteiger partial charge is 0.277 e. The zero-order valence-corrected chi connectivity index (χ0v) is 17.8. The van der Waals surface area contributed by atoms with E-state index < -0.39 is 0 Å². The highest BCUT2D eigenvalue weighted by Crippen LogP contribution is 2.24. The van der Waals surface area contributed by atoms with Crippen molar-refractivity contribution in [2.75, 3.05) is 6.61 Å². The molecule has 0 heterocycles. The zero-order chi connectivity index (χ0) is 22.2. The first-order valence-electron chi connectivity index (χ1n) is 10.4. The second kappa shape index (κ2) is 10.3. The SMILES string of the molecule is Cc1ccc(COc2ccc(/C=N\NC(=O)COc3cccc4ccccc34)cc2)cc1. The van der Waals surface area contributed by atoms with Crippen molar-refractivity contribution >= 4 is 22.9 Å². The summed E-state index contributed by atoms with van der Waals surface area (Å²) in [7, 11) is 0. The molecular formula is C27H24N2O3. The molecule has 1 amide bonds. The number of hydrogen-bond acceptors (Lipinski definition) is 4.